The number of aliphatic hydroxyl groups excluding tert-OH is 3. The zero-order chi connectivity index (χ0) is 17.0. The van der Waals surface area contributed by atoms with Crippen LogP contribution in [0.2, 0.25) is 0 Å². The highest BCUT2D eigenvalue weighted by Crippen LogP contribution is 2.27. The highest BCUT2D eigenvalue weighted by Gasteiger charge is 2.43. The van der Waals surface area contributed by atoms with Crippen LogP contribution in [0, 0.1) is 0 Å². The van der Waals surface area contributed by atoms with Crippen molar-refractivity contribution in [2.75, 3.05) is 13.2 Å². The molecule has 126 valence electrons. The number of hydrogen-bond acceptors (Lipinski definition) is 7. The van der Waals surface area contributed by atoms with Crippen LogP contribution in [-0.2, 0) is 11.2 Å². The maximum atomic E-state index is 11.9. The summed E-state index contributed by atoms with van der Waals surface area (Å²) in [6.07, 6.45) is -3.13. The Morgan fingerprint density at radius 3 is 2.74 bits per heavy atom. The number of H-pyrrole nitrogens is 1. The molecule has 11 heteroatoms. The number of ether oxygens (including phenoxy) is 1. The lowest BCUT2D eigenvalue weighted by molar-refractivity contribution is -0.0551. The summed E-state index contributed by atoms with van der Waals surface area (Å²) in [7, 11) is 0. The summed E-state index contributed by atoms with van der Waals surface area (Å²) in [5.41, 5.74) is 7.06. The molecule has 23 heavy (non-hydrogen) atoms. The molecule has 1 aromatic heterocycles. The van der Waals surface area contributed by atoms with Crippen LogP contribution in [0.4, 0.5) is 0 Å². The van der Waals surface area contributed by atoms with E-state index >= 15 is 0 Å². The molecular weight excluding hydrogens is 310 g/mol. The summed E-state index contributed by atoms with van der Waals surface area (Å²) < 4.78 is 6.23. The van der Waals surface area contributed by atoms with Gasteiger partial charge in [0, 0.05) is 23.2 Å². The van der Waals surface area contributed by atoms with Crippen molar-refractivity contribution in [3.05, 3.63) is 43.0 Å². The minimum Gasteiger partial charge on any atom is -0.394 e. The molecule has 0 saturated carbocycles. The van der Waals surface area contributed by atoms with Gasteiger partial charge in [0.15, 0.2) is 6.23 Å². The summed E-state index contributed by atoms with van der Waals surface area (Å²) >= 11 is 0. The number of aryl methyl sites for hydroxylation is 1. The van der Waals surface area contributed by atoms with Crippen molar-refractivity contribution < 1.29 is 20.1 Å². The Bertz CT molecular complexity index is 709. The van der Waals surface area contributed by atoms with Gasteiger partial charge in [-0.25, -0.2) is 4.79 Å². The number of nitrogens with one attached hydrogen (secondary N) is 1. The third kappa shape index (κ3) is 3.60. The maximum Gasteiger partial charge on any atom is 0.330 e. The predicted molar refractivity (Wildman–Crippen MR) is 76.7 cm³/mol. The van der Waals surface area contributed by atoms with Crippen molar-refractivity contribution in [1.82, 2.24) is 9.55 Å². The third-order valence-corrected chi connectivity index (χ3v) is 3.60. The van der Waals surface area contributed by atoms with Gasteiger partial charge >= 0.3 is 5.69 Å². The number of azide groups is 1. The highest BCUT2D eigenvalue weighted by atomic mass is 16.6. The molecule has 0 aliphatic carbocycles. The van der Waals surface area contributed by atoms with E-state index in [0.29, 0.717) is 6.42 Å². The molecular formula is C12H17N5O6. The van der Waals surface area contributed by atoms with Gasteiger partial charge in [-0.2, -0.15) is 0 Å². The summed E-state index contributed by atoms with van der Waals surface area (Å²) in [5, 5.41) is 32.1. The minimum absolute atomic E-state index is 0.197. The summed E-state index contributed by atoms with van der Waals surface area (Å²) in [6.45, 7) is -0.325. The fourth-order valence-corrected chi connectivity index (χ4v) is 2.39. The van der Waals surface area contributed by atoms with E-state index in [1.807, 2.05) is 0 Å². The SMILES string of the molecule is [N-]=[N+]=NCCCc1cn(C2OC(CO)C(O)C2O)c(=O)[nH]c1=O. The number of nitrogens with zero attached hydrogens (tertiary/aromatic N) is 4. The quantitative estimate of drug-likeness (QED) is 0.212. The van der Waals surface area contributed by atoms with Crippen molar-refractivity contribution in [3.63, 3.8) is 0 Å². The molecule has 4 N–H and O–H groups in total. The average molecular weight is 327 g/mol. The fourth-order valence-electron chi connectivity index (χ4n) is 2.39. The van der Waals surface area contributed by atoms with Gasteiger partial charge in [0.05, 0.1) is 6.61 Å². The van der Waals surface area contributed by atoms with Crippen molar-refractivity contribution in [2.45, 2.75) is 37.4 Å². The second-order valence-electron chi connectivity index (χ2n) is 5.11. The lowest BCUT2D eigenvalue weighted by atomic mass is 10.1. The number of aromatic nitrogens is 2. The zero-order valence-corrected chi connectivity index (χ0v) is 12.1. The van der Waals surface area contributed by atoms with E-state index in [-0.39, 0.29) is 18.5 Å². The molecule has 11 nitrogen and oxygen atoms in total. The van der Waals surface area contributed by atoms with Gasteiger partial charge in [-0.3, -0.25) is 14.3 Å². The van der Waals surface area contributed by atoms with Crippen LogP contribution in [0.3, 0.4) is 0 Å². The van der Waals surface area contributed by atoms with Crippen molar-refractivity contribution in [3.8, 4) is 0 Å². The second-order valence-corrected chi connectivity index (χ2v) is 5.11. The van der Waals surface area contributed by atoms with Crippen LogP contribution in [0.5, 0.6) is 0 Å². The largest absolute Gasteiger partial charge is 0.394 e. The fraction of sp³-hybridized carbons (Fsp3) is 0.667. The first-order chi connectivity index (χ1) is 11.0. The van der Waals surface area contributed by atoms with E-state index in [0.717, 1.165) is 4.57 Å². The van der Waals surface area contributed by atoms with Crippen molar-refractivity contribution in [1.29, 1.82) is 0 Å². The predicted octanol–water partition coefficient (Wildman–Crippen LogP) is -1.61. The lowest BCUT2D eigenvalue weighted by Gasteiger charge is -2.17. The molecule has 0 aromatic carbocycles. The van der Waals surface area contributed by atoms with Crippen molar-refractivity contribution >= 4 is 0 Å². The Balaban J connectivity index is 2.27. The van der Waals surface area contributed by atoms with E-state index in [9.17, 15) is 19.8 Å². The molecule has 0 amide bonds. The van der Waals surface area contributed by atoms with Crippen LogP contribution in [0.1, 0.15) is 18.2 Å². The Morgan fingerprint density at radius 1 is 1.39 bits per heavy atom. The van der Waals surface area contributed by atoms with E-state index < -0.39 is 42.4 Å². The number of aliphatic hydroxyl groups is 3. The van der Waals surface area contributed by atoms with Gasteiger partial charge in [-0.05, 0) is 18.4 Å². The Labute approximate surface area is 129 Å². The van der Waals surface area contributed by atoms with E-state index in [1.54, 1.807) is 0 Å². The smallest absolute Gasteiger partial charge is 0.330 e. The first-order valence-corrected chi connectivity index (χ1v) is 6.97. The molecule has 2 rings (SSSR count). The van der Waals surface area contributed by atoms with E-state index in [2.05, 4.69) is 15.0 Å². The zero-order valence-electron chi connectivity index (χ0n) is 12.1. The van der Waals surface area contributed by atoms with Crippen LogP contribution in [-0.4, -0.2) is 56.3 Å². The van der Waals surface area contributed by atoms with E-state index in [4.69, 9.17) is 15.4 Å². The second kappa shape index (κ2) is 7.40. The normalized spacial score (nSPS) is 26.9. The van der Waals surface area contributed by atoms with Crippen LogP contribution in [0.25, 0.3) is 10.4 Å². The monoisotopic (exact) mass is 327 g/mol. The molecule has 4 atom stereocenters. The lowest BCUT2D eigenvalue weighted by Crippen LogP contribution is -2.38. The minimum atomic E-state index is -1.42. The highest BCUT2D eigenvalue weighted by molar-refractivity contribution is 5.06. The molecule has 1 aromatic rings. The van der Waals surface area contributed by atoms with Gasteiger partial charge in [0.2, 0.25) is 0 Å². The molecule has 1 fully saturated rings. The summed E-state index contributed by atoms with van der Waals surface area (Å²) in [4.78, 5) is 28.4. The Kier molecular flexibility index (Phi) is 5.53. The molecule has 0 radical (unpaired) electrons. The molecule has 0 bridgehead atoms. The first-order valence-electron chi connectivity index (χ1n) is 6.97. The van der Waals surface area contributed by atoms with Gasteiger partial charge < -0.3 is 20.1 Å². The molecule has 2 heterocycles. The summed E-state index contributed by atoms with van der Waals surface area (Å²) in [5.74, 6) is 0. The van der Waals surface area contributed by atoms with Gasteiger partial charge in [-0.15, -0.1) is 0 Å². The molecule has 1 saturated heterocycles. The van der Waals surface area contributed by atoms with E-state index in [1.165, 1.54) is 6.20 Å². The third-order valence-electron chi connectivity index (χ3n) is 3.60. The molecule has 0 spiro atoms. The average Bonchev–Trinajstić information content (AvgIpc) is 2.81. The topological polar surface area (TPSA) is 174 Å². The van der Waals surface area contributed by atoms with Crippen molar-refractivity contribution in [2.24, 2.45) is 5.11 Å². The number of rotatable bonds is 6. The molecule has 1 aliphatic rings. The maximum absolute atomic E-state index is 11.9. The van der Waals surface area contributed by atoms with Gasteiger partial charge in [0.1, 0.15) is 18.3 Å². The number of aromatic amines is 1. The van der Waals surface area contributed by atoms with Crippen LogP contribution < -0.4 is 11.2 Å². The molecule has 1 aliphatic heterocycles. The summed E-state index contributed by atoms with van der Waals surface area (Å²) in [6, 6.07) is 0. The Morgan fingerprint density at radius 2 is 2.13 bits per heavy atom. The first kappa shape index (κ1) is 17.2. The van der Waals surface area contributed by atoms with Crippen LogP contribution in [0.15, 0.2) is 20.9 Å². The van der Waals surface area contributed by atoms with Gasteiger partial charge in [-0.1, -0.05) is 5.11 Å². The standard InChI is InChI=1S/C12H17N5O6/c13-16-14-3-1-2-6-4-17(12(22)15-10(6)21)11-9(20)8(19)7(5-18)23-11/h4,7-9,11,18-20H,1-3,5H2,(H,15,21,22). The Hall–Kier alpha value is -2.17. The number of hydrogen-bond donors (Lipinski definition) is 4. The molecule has 4 unspecified atom stereocenters. The van der Waals surface area contributed by atoms with Crippen LogP contribution >= 0.6 is 0 Å². The van der Waals surface area contributed by atoms with Gasteiger partial charge in [0.25, 0.3) is 5.56 Å².